The zero-order valence-electron chi connectivity index (χ0n) is 19.3. The van der Waals surface area contributed by atoms with Crippen LogP contribution in [-0.4, -0.2) is 41.8 Å². The quantitative estimate of drug-likeness (QED) is 0.559. The van der Waals surface area contributed by atoms with Crippen molar-refractivity contribution in [1.82, 2.24) is 5.32 Å². The van der Waals surface area contributed by atoms with E-state index >= 15 is 0 Å². The molecule has 2 N–H and O–H groups in total. The largest absolute Gasteiger partial charge is 0.480 e. The first-order chi connectivity index (χ1) is 16.9. The Morgan fingerprint density at radius 1 is 0.971 bits per heavy atom. The van der Waals surface area contributed by atoms with E-state index < -0.39 is 24.1 Å². The van der Waals surface area contributed by atoms with Crippen LogP contribution < -0.4 is 10.2 Å². The molecule has 0 bridgehead atoms. The molecule has 7 heteroatoms. The Kier molecular flexibility index (Phi) is 5.99. The highest BCUT2D eigenvalue weighted by Crippen LogP contribution is 2.44. The molecule has 7 nitrogen and oxygen atoms in total. The molecule has 2 aliphatic rings. The lowest BCUT2D eigenvalue weighted by Crippen LogP contribution is -2.45. The summed E-state index contributed by atoms with van der Waals surface area (Å²) in [4.78, 5) is 38.7. The minimum Gasteiger partial charge on any atom is -0.480 e. The number of fused-ring (bicyclic) bond motifs is 4. The Hall–Kier alpha value is -4.13. The van der Waals surface area contributed by atoms with Gasteiger partial charge in [0.05, 0.1) is 0 Å². The lowest BCUT2D eigenvalue weighted by atomic mass is 9.98. The summed E-state index contributed by atoms with van der Waals surface area (Å²) in [7, 11) is 0. The van der Waals surface area contributed by atoms with Crippen molar-refractivity contribution in [2.75, 3.05) is 11.5 Å². The van der Waals surface area contributed by atoms with Crippen molar-refractivity contribution in [3.05, 3.63) is 89.5 Å². The van der Waals surface area contributed by atoms with Gasteiger partial charge in [0.1, 0.15) is 12.6 Å². The minimum absolute atomic E-state index is 0.0394. The van der Waals surface area contributed by atoms with E-state index in [1.54, 1.807) is 19.1 Å². The summed E-state index contributed by atoms with van der Waals surface area (Å²) >= 11 is 0. The predicted octanol–water partition coefficient (Wildman–Crippen LogP) is 4.35. The van der Waals surface area contributed by atoms with Gasteiger partial charge in [-0.25, -0.2) is 9.59 Å². The van der Waals surface area contributed by atoms with E-state index in [0.29, 0.717) is 5.69 Å². The first kappa shape index (κ1) is 22.7. The molecule has 0 aromatic heterocycles. The van der Waals surface area contributed by atoms with E-state index in [-0.39, 0.29) is 31.3 Å². The van der Waals surface area contributed by atoms with Crippen LogP contribution in [0.1, 0.15) is 36.0 Å². The van der Waals surface area contributed by atoms with Crippen LogP contribution in [0, 0.1) is 0 Å². The number of carboxylic acids is 1. The standard InChI is InChI=1S/C28H26N2O5/c1-17(14-26(31)30-24-13-7-2-8-18(24)15-25(30)27(32)33)29-28(34)35-16-23-21-11-5-3-9-19(21)20-10-4-6-12-22(20)23/h2-13,17,23,25H,14-16H2,1H3,(H,29,34)(H,32,33)/t17-,25?/m1/s1. The van der Waals surface area contributed by atoms with Crippen molar-refractivity contribution in [2.24, 2.45) is 0 Å². The molecule has 2 atom stereocenters. The van der Waals surface area contributed by atoms with Gasteiger partial charge >= 0.3 is 12.1 Å². The topological polar surface area (TPSA) is 95.9 Å². The van der Waals surface area contributed by atoms with Crippen molar-refractivity contribution in [3.63, 3.8) is 0 Å². The lowest BCUT2D eigenvalue weighted by molar-refractivity contribution is -0.140. The number of hydrogen-bond donors (Lipinski definition) is 2. The molecule has 3 aromatic carbocycles. The van der Waals surface area contributed by atoms with Gasteiger partial charge in [-0.2, -0.15) is 0 Å². The van der Waals surface area contributed by atoms with Gasteiger partial charge in [-0.05, 0) is 40.8 Å². The smallest absolute Gasteiger partial charge is 0.407 e. The third-order valence-corrected chi connectivity index (χ3v) is 6.72. The highest BCUT2D eigenvalue weighted by Gasteiger charge is 2.38. The SMILES string of the molecule is C[C@H](CC(=O)N1c2ccccc2CC1C(=O)O)NC(=O)OCC1c2ccccc2-c2ccccc21. The molecule has 1 aliphatic heterocycles. The molecule has 3 aromatic rings. The van der Waals surface area contributed by atoms with Crippen molar-refractivity contribution in [2.45, 2.75) is 37.8 Å². The van der Waals surface area contributed by atoms with Crippen LogP contribution in [0.2, 0.25) is 0 Å². The van der Waals surface area contributed by atoms with Crippen LogP contribution in [0.3, 0.4) is 0 Å². The molecule has 0 spiro atoms. The second-order valence-corrected chi connectivity index (χ2v) is 9.03. The van der Waals surface area contributed by atoms with E-state index in [2.05, 4.69) is 29.6 Å². The van der Waals surface area contributed by atoms with Gasteiger partial charge in [0.15, 0.2) is 0 Å². The van der Waals surface area contributed by atoms with Gasteiger partial charge in [0.2, 0.25) is 5.91 Å². The van der Waals surface area contributed by atoms with Crippen molar-refractivity contribution >= 4 is 23.7 Å². The normalized spacial score (nSPS) is 16.7. The molecule has 1 aliphatic carbocycles. The number of carbonyl (C=O) groups excluding carboxylic acids is 2. The molecule has 35 heavy (non-hydrogen) atoms. The fraction of sp³-hybridized carbons (Fsp3) is 0.250. The van der Waals surface area contributed by atoms with Gasteiger partial charge in [0, 0.05) is 30.5 Å². The number of rotatable bonds is 6. The summed E-state index contributed by atoms with van der Waals surface area (Å²) in [6, 6.07) is 21.9. The predicted molar refractivity (Wildman–Crippen MR) is 131 cm³/mol. The molecule has 0 fully saturated rings. The molecular formula is C28H26N2O5. The Balaban J connectivity index is 1.21. The molecule has 5 rings (SSSR count). The van der Waals surface area contributed by atoms with E-state index in [9.17, 15) is 19.5 Å². The van der Waals surface area contributed by atoms with E-state index in [0.717, 1.165) is 27.8 Å². The Bertz CT molecular complexity index is 1260. The average Bonchev–Trinajstić information content (AvgIpc) is 3.39. The third-order valence-electron chi connectivity index (χ3n) is 6.72. The van der Waals surface area contributed by atoms with Gasteiger partial charge in [-0.1, -0.05) is 66.7 Å². The average molecular weight is 471 g/mol. The summed E-state index contributed by atoms with van der Waals surface area (Å²) in [5.41, 5.74) is 5.97. The molecular weight excluding hydrogens is 444 g/mol. The number of ether oxygens (including phenoxy) is 1. The third kappa shape index (κ3) is 4.25. The van der Waals surface area contributed by atoms with Crippen LogP contribution in [0.25, 0.3) is 11.1 Å². The molecule has 0 radical (unpaired) electrons. The maximum Gasteiger partial charge on any atom is 0.407 e. The molecule has 178 valence electrons. The highest BCUT2D eigenvalue weighted by molar-refractivity contribution is 6.02. The Morgan fingerprint density at radius 2 is 1.57 bits per heavy atom. The molecule has 0 saturated carbocycles. The van der Waals surface area contributed by atoms with Crippen LogP contribution in [0.4, 0.5) is 10.5 Å². The minimum atomic E-state index is -1.05. The number of nitrogens with zero attached hydrogens (tertiary/aromatic N) is 1. The first-order valence-corrected chi connectivity index (χ1v) is 11.7. The second-order valence-electron chi connectivity index (χ2n) is 9.03. The molecule has 0 saturated heterocycles. The highest BCUT2D eigenvalue weighted by atomic mass is 16.5. The zero-order chi connectivity index (χ0) is 24.5. The maximum absolute atomic E-state index is 13.0. The summed E-state index contributed by atoms with van der Waals surface area (Å²) in [6.07, 6.45) is -0.378. The Labute approximate surface area is 203 Å². The monoisotopic (exact) mass is 470 g/mol. The fourth-order valence-electron chi connectivity index (χ4n) is 5.14. The van der Waals surface area contributed by atoms with Gasteiger partial charge < -0.3 is 15.2 Å². The van der Waals surface area contributed by atoms with Crippen molar-refractivity contribution in [1.29, 1.82) is 0 Å². The van der Waals surface area contributed by atoms with Gasteiger partial charge in [-0.15, -0.1) is 0 Å². The van der Waals surface area contributed by atoms with Crippen LogP contribution >= 0.6 is 0 Å². The number of anilines is 1. The molecule has 1 unspecified atom stereocenters. The number of benzene rings is 3. The lowest BCUT2D eigenvalue weighted by Gasteiger charge is -2.24. The number of aliphatic carboxylic acids is 1. The number of carboxylic acid groups (broad SMARTS) is 1. The molecule has 1 heterocycles. The number of alkyl carbamates (subject to hydrolysis) is 1. The van der Waals surface area contributed by atoms with Crippen LogP contribution in [0.5, 0.6) is 0 Å². The van der Waals surface area contributed by atoms with Crippen molar-refractivity contribution in [3.8, 4) is 11.1 Å². The number of amides is 2. The molecule has 2 amide bonds. The summed E-state index contributed by atoms with van der Waals surface area (Å²) in [5, 5.41) is 12.3. The summed E-state index contributed by atoms with van der Waals surface area (Å²) in [5.74, 6) is -1.46. The second kappa shape index (κ2) is 9.25. The first-order valence-electron chi connectivity index (χ1n) is 11.7. The fourth-order valence-corrected chi connectivity index (χ4v) is 5.14. The zero-order valence-corrected chi connectivity index (χ0v) is 19.3. The summed E-state index contributed by atoms with van der Waals surface area (Å²) < 4.78 is 5.56. The van der Waals surface area contributed by atoms with Crippen LogP contribution in [0.15, 0.2) is 72.8 Å². The van der Waals surface area contributed by atoms with Crippen LogP contribution in [-0.2, 0) is 20.7 Å². The van der Waals surface area contributed by atoms with E-state index in [1.165, 1.54) is 4.90 Å². The van der Waals surface area contributed by atoms with Gasteiger partial charge in [0.25, 0.3) is 0 Å². The van der Waals surface area contributed by atoms with E-state index in [4.69, 9.17) is 4.74 Å². The number of para-hydroxylation sites is 1. The maximum atomic E-state index is 13.0. The number of hydrogen-bond acceptors (Lipinski definition) is 4. The number of carbonyl (C=O) groups is 3. The number of nitrogens with one attached hydrogen (secondary N) is 1. The Morgan fingerprint density at radius 3 is 2.23 bits per heavy atom. The van der Waals surface area contributed by atoms with E-state index in [1.807, 2.05) is 36.4 Å². The summed E-state index contributed by atoms with van der Waals surface area (Å²) in [6.45, 7) is 1.89. The van der Waals surface area contributed by atoms with Crippen molar-refractivity contribution < 1.29 is 24.2 Å². The van der Waals surface area contributed by atoms with Gasteiger partial charge in [-0.3, -0.25) is 9.69 Å².